The normalized spacial score (nSPS) is 11.5. The number of rotatable bonds is 8. The SMILES string of the molecule is COc1ccc(C(c2ccccc2)(c2ccccc2)c2ccc3ccccc3c2C(c2ccccc2)c2ccccc2)cc1. The van der Waals surface area contributed by atoms with Gasteiger partial charge in [0.25, 0.3) is 0 Å². The summed E-state index contributed by atoms with van der Waals surface area (Å²) in [4.78, 5) is 0. The van der Waals surface area contributed by atoms with Crippen LogP contribution >= 0.6 is 0 Å². The summed E-state index contributed by atoms with van der Waals surface area (Å²) in [6.45, 7) is 0. The first-order chi connectivity index (χ1) is 21.8. The van der Waals surface area contributed by atoms with E-state index in [4.69, 9.17) is 4.74 Å². The Morgan fingerprint density at radius 2 is 0.886 bits per heavy atom. The molecule has 0 saturated carbocycles. The van der Waals surface area contributed by atoms with Crippen molar-refractivity contribution in [3.8, 4) is 5.75 Å². The van der Waals surface area contributed by atoms with Crippen LogP contribution in [-0.4, -0.2) is 7.11 Å². The molecule has 1 heteroatoms. The van der Waals surface area contributed by atoms with Crippen molar-refractivity contribution >= 4 is 10.8 Å². The van der Waals surface area contributed by atoms with Crippen LogP contribution in [0.4, 0.5) is 0 Å². The summed E-state index contributed by atoms with van der Waals surface area (Å²) in [6.07, 6.45) is 0. The van der Waals surface area contributed by atoms with E-state index in [0.717, 1.165) is 5.75 Å². The lowest BCUT2D eigenvalue weighted by molar-refractivity contribution is 0.414. The highest BCUT2D eigenvalue weighted by atomic mass is 16.5. The van der Waals surface area contributed by atoms with Gasteiger partial charge in [-0.05, 0) is 61.8 Å². The van der Waals surface area contributed by atoms with Crippen LogP contribution in [0.1, 0.15) is 44.9 Å². The number of methoxy groups -OCH3 is 1. The van der Waals surface area contributed by atoms with Gasteiger partial charge in [-0.3, -0.25) is 0 Å². The van der Waals surface area contributed by atoms with Crippen molar-refractivity contribution in [3.63, 3.8) is 0 Å². The van der Waals surface area contributed by atoms with Crippen molar-refractivity contribution < 1.29 is 4.74 Å². The highest BCUT2D eigenvalue weighted by Gasteiger charge is 2.41. The van der Waals surface area contributed by atoms with Gasteiger partial charge in [0.15, 0.2) is 0 Å². The third kappa shape index (κ3) is 4.77. The van der Waals surface area contributed by atoms with E-state index in [1.165, 1.54) is 49.7 Å². The molecular weight excluding hydrogens is 532 g/mol. The summed E-state index contributed by atoms with van der Waals surface area (Å²) in [5.41, 5.74) is 8.10. The molecule has 0 atom stereocenters. The molecule has 0 saturated heterocycles. The highest BCUT2D eigenvalue weighted by molar-refractivity contribution is 5.90. The molecule has 0 aliphatic heterocycles. The van der Waals surface area contributed by atoms with Crippen molar-refractivity contribution in [2.24, 2.45) is 0 Å². The van der Waals surface area contributed by atoms with Gasteiger partial charge in [0, 0.05) is 5.92 Å². The quantitative estimate of drug-likeness (QED) is 0.166. The molecule has 0 unspecified atom stereocenters. The summed E-state index contributed by atoms with van der Waals surface area (Å²) >= 11 is 0. The second-order valence-corrected chi connectivity index (χ2v) is 11.2. The third-order valence-corrected chi connectivity index (χ3v) is 8.87. The smallest absolute Gasteiger partial charge is 0.118 e. The Hall–Kier alpha value is -5.40. The van der Waals surface area contributed by atoms with Gasteiger partial charge < -0.3 is 4.74 Å². The minimum absolute atomic E-state index is 0.00329. The first-order valence-electron chi connectivity index (χ1n) is 15.2. The average molecular weight is 567 g/mol. The van der Waals surface area contributed by atoms with E-state index >= 15 is 0 Å². The Labute approximate surface area is 260 Å². The maximum Gasteiger partial charge on any atom is 0.118 e. The molecule has 0 N–H and O–H groups in total. The molecule has 0 aromatic heterocycles. The fourth-order valence-corrected chi connectivity index (χ4v) is 6.93. The van der Waals surface area contributed by atoms with Crippen LogP contribution in [0, 0.1) is 0 Å². The monoisotopic (exact) mass is 566 g/mol. The number of hydrogen-bond donors (Lipinski definition) is 0. The molecule has 44 heavy (non-hydrogen) atoms. The lowest BCUT2D eigenvalue weighted by atomic mass is 9.62. The Morgan fingerprint density at radius 3 is 1.41 bits per heavy atom. The fourth-order valence-electron chi connectivity index (χ4n) is 6.93. The van der Waals surface area contributed by atoms with Gasteiger partial charge in [0.2, 0.25) is 0 Å². The van der Waals surface area contributed by atoms with Crippen LogP contribution in [0.2, 0.25) is 0 Å². The standard InChI is InChI=1S/C43H34O/c1-44-38-29-27-37(28-30-38)43(35-21-10-4-11-22-35,36-23-12-5-13-24-36)40-31-26-32-16-14-15-25-39(32)42(40)41(33-17-6-2-7-18-33)34-19-8-3-9-20-34/h2-31,41H,1H3. The van der Waals surface area contributed by atoms with E-state index in [0.29, 0.717) is 0 Å². The second-order valence-electron chi connectivity index (χ2n) is 11.2. The number of hydrogen-bond acceptors (Lipinski definition) is 1. The molecular formula is C43H34O. The molecule has 7 rings (SSSR count). The molecule has 0 aliphatic carbocycles. The second kappa shape index (κ2) is 12.1. The molecule has 7 aromatic carbocycles. The minimum Gasteiger partial charge on any atom is -0.497 e. The van der Waals surface area contributed by atoms with E-state index < -0.39 is 5.41 Å². The van der Waals surface area contributed by atoms with Crippen LogP contribution in [0.3, 0.4) is 0 Å². The minimum atomic E-state index is -0.615. The largest absolute Gasteiger partial charge is 0.497 e. The predicted molar refractivity (Wildman–Crippen MR) is 183 cm³/mol. The van der Waals surface area contributed by atoms with Gasteiger partial charge in [-0.15, -0.1) is 0 Å². The molecule has 7 aromatic rings. The maximum atomic E-state index is 5.63. The van der Waals surface area contributed by atoms with Gasteiger partial charge in [-0.1, -0.05) is 170 Å². The van der Waals surface area contributed by atoms with E-state index in [1.807, 2.05) is 0 Å². The molecule has 0 aliphatic rings. The molecule has 0 radical (unpaired) electrons. The summed E-state index contributed by atoms with van der Waals surface area (Å²) < 4.78 is 5.63. The molecule has 0 fully saturated rings. The zero-order valence-corrected chi connectivity index (χ0v) is 24.8. The first kappa shape index (κ1) is 27.4. The van der Waals surface area contributed by atoms with Crippen LogP contribution in [0.25, 0.3) is 10.8 Å². The maximum absolute atomic E-state index is 5.63. The van der Waals surface area contributed by atoms with Gasteiger partial charge >= 0.3 is 0 Å². The summed E-state index contributed by atoms with van der Waals surface area (Å²) in [6, 6.07) is 66.0. The summed E-state index contributed by atoms with van der Waals surface area (Å²) in [7, 11) is 1.72. The van der Waals surface area contributed by atoms with E-state index in [1.54, 1.807) is 7.11 Å². The summed E-state index contributed by atoms with van der Waals surface area (Å²) in [5.74, 6) is 0.845. The van der Waals surface area contributed by atoms with Crippen molar-refractivity contribution in [2.75, 3.05) is 7.11 Å². The Morgan fingerprint density at radius 1 is 0.432 bits per heavy atom. The average Bonchev–Trinajstić information content (AvgIpc) is 3.11. The molecule has 0 spiro atoms. The van der Waals surface area contributed by atoms with Gasteiger partial charge in [-0.25, -0.2) is 0 Å². The Bertz CT molecular complexity index is 1880. The number of ether oxygens (including phenoxy) is 1. The summed E-state index contributed by atoms with van der Waals surface area (Å²) in [5, 5.41) is 2.49. The topological polar surface area (TPSA) is 9.23 Å². The first-order valence-corrected chi connectivity index (χ1v) is 15.2. The van der Waals surface area contributed by atoms with Crippen molar-refractivity contribution in [1.29, 1.82) is 0 Å². The molecule has 212 valence electrons. The fraction of sp³-hybridized carbons (Fsp3) is 0.0698. The Kier molecular flexibility index (Phi) is 7.53. The third-order valence-electron chi connectivity index (χ3n) is 8.87. The number of benzene rings is 7. The van der Waals surface area contributed by atoms with Crippen molar-refractivity contribution in [3.05, 3.63) is 221 Å². The van der Waals surface area contributed by atoms with E-state index in [2.05, 4.69) is 182 Å². The van der Waals surface area contributed by atoms with E-state index in [-0.39, 0.29) is 5.92 Å². The van der Waals surface area contributed by atoms with Crippen LogP contribution in [0.5, 0.6) is 5.75 Å². The lowest BCUT2D eigenvalue weighted by Gasteiger charge is -2.40. The van der Waals surface area contributed by atoms with Gasteiger partial charge in [0.1, 0.15) is 5.75 Å². The zero-order valence-electron chi connectivity index (χ0n) is 24.8. The molecule has 0 bridgehead atoms. The van der Waals surface area contributed by atoms with Crippen molar-refractivity contribution in [2.45, 2.75) is 11.3 Å². The molecule has 0 amide bonds. The van der Waals surface area contributed by atoms with Crippen LogP contribution in [-0.2, 0) is 5.41 Å². The van der Waals surface area contributed by atoms with Crippen LogP contribution in [0.15, 0.2) is 182 Å². The predicted octanol–water partition coefficient (Wildman–Crippen LogP) is 10.4. The number of fused-ring (bicyclic) bond motifs is 1. The molecule has 0 heterocycles. The van der Waals surface area contributed by atoms with Crippen LogP contribution < -0.4 is 4.74 Å². The van der Waals surface area contributed by atoms with Crippen molar-refractivity contribution in [1.82, 2.24) is 0 Å². The van der Waals surface area contributed by atoms with E-state index in [9.17, 15) is 0 Å². The highest BCUT2D eigenvalue weighted by Crippen LogP contribution is 2.51. The zero-order chi connectivity index (χ0) is 29.8. The van der Waals surface area contributed by atoms with Gasteiger partial charge in [0.05, 0.1) is 12.5 Å². The Balaban J connectivity index is 1.68. The lowest BCUT2D eigenvalue weighted by Crippen LogP contribution is -2.33. The molecule has 1 nitrogen and oxygen atoms in total. The van der Waals surface area contributed by atoms with Gasteiger partial charge in [-0.2, -0.15) is 0 Å².